The quantitative estimate of drug-likeness (QED) is 0.387. The number of hydrogen-bond acceptors (Lipinski definition) is 7. The minimum atomic E-state index is -1.07. The first-order valence-corrected chi connectivity index (χ1v) is 12.6. The molecule has 4 aromatic rings. The van der Waals surface area contributed by atoms with E-state index < -0.39 is 5.41 Å². The van der Waals surface area contributed by atoms with Gasteiger partial charge in [-0.1, -0.05) is 44.2 Å². The largest absolute Gasteiger partial charge is 0.508 e. The Balaban J connectivity index is 1.38. The zero-order valence-corrected chi connectivity index (χ0v) is 20.2. The number of phenolic OH excluding ortho intramolecular Hbond substituents is 1. The molecule has 0 bridgehead atoms. The second-order valence-electron chi connectivity index (χ2n) is 10.1. The number of rotatable bonds is 5. The smallest absolute Gasteiger partial charge is 0.240 e. The van der Waals surface area contributed by atoms with Crippen LogP contribution in [0.4, 0.5) is 11.6 Å². The Kier molecular flexibility index (Phi) is 5.35. The van der Waals surface area contributed by atoms with E-state index in [1.807, 2.05) is 16.8 Å². The van der Waals surface area contributed by atoms with Gasteiger partial charge in [0.1, 0.15) is 28.5 Å². The van der Waals surface area contributed by atoms with Crippen LogP contribution < -0.4 is 11.1 Å². The summed E-state index contributed by atoms with van der Waals surface area (Å²) in [5.74, 6) is 1.58. The van der Waals surface area contributed by atoms with E-state index >= 15 is 0 Å². The highest BCUT2D eigenvalue weighted by Crippen LogP contribution is 2.45. The summed E-state index contributed by atoms with van der Waals surface area (Å²) in [6, 6.07) is 6.53. The lowest BCUT2D eigenvalue weighted by Crippen LogP contribution is -2.32. The Morgan fingerprint density at radius 2 is 1.92 bits per heavy atom. The summed E-state index contributed by atoms with van der Waals surface area (Å²) in [4.78, 5) is 31.9. The molecule has 4 N–H and O–H groups in total. The standard InChI is InChI=1S/C27H29N7O2/c1-27(17-8-10-18(35)11-9-17)21-22(28)31-23(32-24(21)33-26(27)36)20-15-34-14-13-29-25(34)19(30-20)12-7-16-5-3-2-4-6-16/h8-11,13-16,35H,2-7,12H2,1H3,(H3,28,31,32,33,36)/t27-/m0/s1. The Morgan fingerprint density at radius 1 is 1.14 bits per heavy atom. The molecule has 9 nitrogen and oxygen atoms in total. The third-order valence-electron chi connectivity index (χ3n) is 7.75. The molecule has 36 heavy (non-hydrogen) atoms. The molecule has 1 aliphatic heterocycles. The lowest BCUT2D eigenvalue weighted by Gasteiger charge is -2.23. The maximum atomic E-state index is 13.1. The lowest BCUT2D eigenvalue weighted by atomic mass is 9.78. The van der Waals surface area contributed by atoms with Crippen molar-refractivity contribution >= 4 is 23.2 Å². The molecule has 184 valence electrons. The fraction of sp³-hybridized carbons (Fsp3) is 0.370. The molecular formula is C27H29N7O2. The van der Waals surface area contributed by atoms with Gasteiger partial charge in [-0.2, -0.15) is 0 Å². The zero-order valence-electron chi connectivity index (χ0n) is 20.2. The number of fused-ring (bicyclic) bond motifs is 2. The van der Waals surface area contributed by atoms with E-state index in [-0.39, 0.29) is 17.5 Å². The summed E-state index contributed by atoms with van der Waals surface area (Å²) < 4.78 is 1.95. The van der Waals surface area contributed by atoms with E-state index in [9.17, 15) is 9.90 Å². The molecular weight excluding hydrogens is 454 g/mol. The zero-order chi connectivity index (χ0) is 24.9. The number of nitrogens with two attached hydrogens (primary N) is 1. The first-order valence-electron chi connectivity index (χ1n) is 12.6. The molecule has 9 heteroatoms. The van der Waals surface area contributed by atoms with Crippen molar-refractivity contribution in [2.75, 3.05) is 11.1 Å². The fourth-order valence-electron chi connectivity index (χ4n) is 5.68. The van der Waals surface area contributed by atoms with Crippen LogP contribution in [0.3, 0.4) is 0 Å². The van der Waals surface area contributed by atoms with Crippen LogP contribution in [0.25, 0.3) is 17.2 Å². The Labute approximate surface area is 208 Å². The highest BCUT2D eigenvalue weighted by Gasteiger charge is 2.47. The number of phenols is 1. The van der Waals surface area contributed by atoms with Crippen molar-refractivity contribution in [2.24, 2.45) is 5.92 Å². The van der Waals surface area contributed by atoms with E-state index in [1.165, 1.54) is 32.1 Å². The fourth-order valence-corrected chi connectivity index (χ4v) is 5.68. The number of nitrogens with zero attached hydrogens (tertiary/aromatic N) is 5. The van der Waals surface area contributed by atoms with Gasteiger partial charge in [0.25, 0.3) is 0 Å². The topological polar surface area (TPSA) is 131 Å². The Bertz CT molecular complexity index is 1460. The molecule has 1 atom stereocenters. The van der Waals surface area contributed by atoms with E-state index in [4.69, 9.17) is 10.7 Å². The molecule has 0 radical (unpaired) electrons. The summed E-state index contributed by atoms with van der Waals surface area (Å²) >= 11 is 0. The number of benzene rings is 1. The summed E-state index contributed by atoms with van der Waals surface area (Å²) in [6.45, 7) is 1.79. The Morgan fingerprint density at radius 3 is 2.69 bits per heavy atom. The molecule has 1 aromatic carbocycles. The molecule has 1 amide bonds. The van der Waals surface area contributed by atoms with Gasteiger partial charge in [0, 0.05) is 18.6 Å². The predicted octanol–water partition coefficient (Wildman–Crippen LogP) is 4.25. The normalized spacial score (nSPS) is 20.0. The van der Waals surface area contributed by atoms with E-state index in [2.05, 4.69) is 20.3 Å². The predicted molar refractivity (Wildman–Crippen MR) is 137 cm³/mol. The van der Waals surface area contributed by atoms with Gasteiger partial charge in [-0.05, 0) is 43.4 Å². The minimum Gasteiger partial charge on any atom is -0.508 e. The molecule has 1 aliphatic carbocycles. The SMILES string of the molecule is C[C@@]1(c2ccc(O)cc2)C(=O)Nc2nc(-c3cn4ccnc4c(CCC4CCCCC4)n3)nc(N)c21. The van der Waals surface area contributed by atoms with E-state index in [0.29, 0.717) is 28.5 Å². The highest BCUT2D eigenvalue weighted by molar-refractivity contribution is 6.09. The van der Waals surface area contributed by atoms with Crippen LogP contribution in [0.5, 0.6) is 5.75 Å². The summed E-state index contributed by atoms with van der Waals surface area (Å²) in [5, 5.41) is 12.6. The lowest BCUT2D eigenvalue weighted by molar-refractivity contribution is -0.119. The first kappa shape index (κ1) is 22.5. The molecule has 3 aromatic heterocycles. The van der Waals surface area contributed by atoms with Gasteiger partial charge in [0.2, 0.25) is 5.91 Å². The van der Waals surface area contributed by atoms with Crippen molar-refractivity contribution in [1.82, 2.24) is 24.3 Å². The minimum absolute atomic E-state index is 0.126. The van der Waals surface area contributed by atoms with Crippen LogP contribution in [-0.2, 0) is 16.6 Å². The summed E-state index contributed by atoms with van der Waals surface area (Å²) in [6.07, 6.45) is 14.0. The number of imidazole rings is 1. The molecule has 0 spiro atoms. The van der Waals surface area contributed by atoms with Gasteiger partial charge in [-0.3, -0.25) is 4.79 Å². The van der Waals surface area contributed by atoms with E-state index in [1.54, 1.807) is 37.4 Å². The van der Waals surface area contributed by atoms with Crippen LogP contribution in [0.2, 0.25) is 0 Å². The number of carbonyl (C=O) groups excluding carboxylic acids is 1. The number of nitrogens with one attached hydrogen (secondary N) is 1. The van der Waals surface area contributed by atoms with Gasteiger partial charge in [0.05, 0.1) is 11.3 Å². The van der Waals surface area contributed by atoms with Crippen molar-refractivity contribution in [3.05, 3.63) is 59.7 Å². The number of anilines is 2. The molecule has 2 aliphatic rings. The van der Waals surface area contributed by atoms with Crippen LogP contribution in [0, 0.1) is 5.92 Å². The number of aromatic nitrogens is 5. The summed E-state index contributed by atoms with van der Waals surface area (Å²) in [7, 11) is 0. The highest BCUT2D eigenvalue weighted by atomic mass is 16.3. The number of amides is 1. The number of nitrogen functional groups attached to an aromatic ring is 1. The molecule has 0 unspecified atom stereocenters. The Hall–Kier alpha value is -4.01. The van der Waals surface area contributed by atoms with Crippen molar-refractivity contribution < 1.29 is 9.90 Å². The van der Waals surface area contributed by atoms with Gasteiger partial charge >= 0.3 is 0 Å². The van der Waals surface area contributed by atoms with Crippen LogP contribution in [0.1, 0.15) is 62.3 Å². The van der Waals surface area contributed by atoms with Crippen LogP contribution in [0.15, 0.2) is 42.9 Å². The molecule has 0 saturated heterocycles. The van der Waals surface area contributed by atoms with Gasteiger partial charge in [0.15, 0.2) is 11.5 Å². The van der Waals surface area contributed by atoms with Gasteiger partial charge in [-0.15, -0.1) is 0 Å². The average molecular weight is 484 g/mol. The monoisotopic (exact) mass is 483 g/mol. The third kappa shape index (κ3) is 3.66. The number of hydrogen-bond donors (Lipinski definition) is 3. The molecule has 1 fully saturated rings. The summed E-state index contributed by atoms with van der Waals surface area (Å²) in [5.41, 5.74) is 8.97. The van der Waals surface area contributed by atoms with Crippen molar-refractivity contribution in [2.45, 2.75) is 57.3 Å². The molecule has 6 rings (SSSR count). The number of aromatic hydroxyl groups is 1. The molecule has 4 heterocycles. The second kappa shape index (κ2) is 8.58. The van der Waals surface area contributed by atoms with Crippen LogP contribution >= 0.6 is 0 Å². The maximum Gasteiger partial charge on any atom is 0.240 e. The van der Waals surface area contributed by atoms with Crippen LogP contribution in [-0.4, -0.2) is 35.4 Å². The molecule has 1 saturated carbocycles. The first-order chi connectivity index (χ1) is 17.4. The second-order valence-corrected chi connectivity index (χ2v) is 10.1. The average Bonchev–Trinajstić information content (AvgIpc) is 3.46. The maximum absolute atomic E-state index is 13.1. The third-order valence-corrected chi connectivity index (χ3v) is 7.75. The van der Waals surface area contributed by atoms with Gasteiger partial charge in [-0.25, -0.2) is 19.9 Å². The number of aryl methyl sites for hydroxylation is 1. The van der Waals surface area contributed by atoms with Crippen molar-refractivity contribution in [1.29, 1.82) is 0 Å². The van der Waals surface area contributed by atoms with E-state index in [0.717, 1.165) is 30.1 Å². The van der Waals surface area contributed by atoms with Gasteiger partial charge < -0.3 is 20.6 Å². The van der Waals surface area contributed by atoms with Crippen molar-refractivity contribution in [3.63, 3.8) is 0 Å². The number of carbonyl (C=O) groups is 1. The van der Waals surface area contributed by atoms with Crippen molar-refractivity contribution in [3.8, 4) is 17.3 Å².